The highest BCUT2D eigenvalue weighted by Gasteiger charge is 2.20. The number of amides is 1. The van der Waals surface area contributed by atoms with Crippen LogP contribution in [0.4, 0.5) is 0 Å². The maximum Gasteiger partial charge on any atom is 0.271 e. The fourth-order valence-corrected chi connectivity index (χ4v) is 2.97. The second-order valence-electron chi connectivity index (χ2n) is 5.62. The number of hydrogen-bond donors (Lipinski definition) is 2. The van der Waals surface area contributed by atoms with E-state index in [4.69, 9.17) is 5.73 Å². The van der Waals surface area contributed by atoms with Gasteiger partial charge in [0, 0.05) is 11.9 Å². The molecule has 0 fully saturated rings. The lowest BCUT2D eigenvalue weighted by molar-refractivity contribution is 0.0921. The zero-order valence-electron chi connectivity index (χ0n) is 13.7. The van der Waals surface area contributed by atoms with Crippen LogP contribution in [0.3, 0.4) is 0 Å². The van der Waals surface area contributed by atoms with Gasteiger partial charge in [0.05, 0.1) is 6.04 Å². The lowest BCUT2D eigenvalue weighted by atomic mass is 9.95. The molecule has 126 valence electrons. The first-order valence-electron chi connectivity index (χ1n) is 7.59. The molecule has 3 N–H and O–H groups in total. The van der Waals surface area contributed by atoms with E-state index in [0.717, 1.165) is 17.0 Å². The van der Waals surface area contributed by atoms with Crippen LogP contribution in [0.1, 0.15) is 53.4 Å². The molecule has 1 atom stereocenters. The highest BCUT2D eigenvalue weighted by molar-refractivity contribution is 7.09. The molecule has 1 aromatic carbocycles. The third kappa shape index (κ3) is 5.03. The van der Waals surface area contributed by atoms with E-state index < -0.39 is 0 Å². The van der Waals surface area contributed by atoms with Gasteiger partial charge in [-0.25, -0.2) is 4.98 Å². The molecular formula is C17H24ClN3OS. The van der Waals surface area contributed by atoms with Crippen molar-refractivity contribution in [2.45, 2.75) is 39.8 Å². The van der Waals surface area contributed by atoms with E-state index in [0.29, 0.717) is 18.2 Å². The van der Waals surface area contributed by atoms with Crippen molar-refractivity contribution in [3.63, 3.8) is 0 Å². The number of thiazole rings is 1. The van der Waals surface area contributed by atoms with E-state index in [1.54, 1.807) is 5.38 Å². The molecule has 0 bridgehead atoms. The van der Waals surface area contributed by atoms with Gasteiger partial charge in [0.2, 0.25) is 0 Å². The number of aromatic nitrogens is 1. The number of hydrogen-bond acceptors (Lipinski definition) is 4. The van der Waals surface area contributed by atoms with Crippen molar-refractivity contribution in [1.82, 2.24) is 10.3 Å². The van der Waals surface area contributed by atoms with Crippen LogP contribution in [-0.2, 0) is 13.0 Å². The molecule has 2 rings (SSSR count). The second-order valence-corrected chi connectivity index (χ2v) is 6.56. The third-order valence-corrected chi connectivity index (χ3v) is 4.53. The molecule has 6 heteroatoms. The largest absolute Gasteiger partial charge is 0.344 e. The predicted molar refractivity (Wildman–Crippen MR) is 98.1 cm³/mol. The number of nitrogens with zero attached hydrogens (tertiary/aromatic N) is 1. The normalized spacial score (nSPS) is 11.9. The Kier molecular flexibility index (Phi) is 7.68. The van der Waals surface area contributed by atoms with Crippen molar-refractivity contribution in [3.05, 3.63) is 51.5 Å². The average Bonchev–Trinajstić information content (AvgIpc) is 3.01. The van der Waals surface area contributed by atoms with Crippen LogP contribution in [0.5, 0.6) is 0 Å². The van der Waals surface area contributed by atoms with Crippen molar-refractivity contribution >= 4 is 29.7 Å². The lowest BCUT2D eigenvalue weighted by Crippen LogP contribution is -2.32. The van der Waals surface area contributed by atoms with Gasteiger partial charge in [0.25, 0.3) is 5.91 Å². The Morgan fingerprint density at radius 2 is 1.96 bits per heavy atom. The topological polar surface area (TPSA) is 68.0 Å². The van der Waals surface area contributed by atoms with Gasteiger partial charge in [-0.1, -0.05) is 45.0 Å². The van der Waals surface area contributed by atoms with Gasteiger partial charge >= 0.3 is 0 Å². The Balaban J connectivity index is 0.00000264. The minimum absolute atomic E-state index is 0. The first-order chi connectivity index (χ1) is 10.5. The van der Waals surface area contributed by atoms with Gasteiger partial charge in [-0.05, 0) is 23.5 Å². The Hall–Kier alpha value is -1.43. The van der Waals surface area contributed by atoms with Gasteiger partial charge < -0.3 is 11.1 Å². The molecule has 0 saturated heterocycles. The molecule has 1 heterocycles. The van der Waals surface area contributed by atoms with E-state index in [1.807, 2.05) is 0 Å². The first kappa shape index (κ1) is 19.6. The van der Waals surface area contributed by atoms with Crippen LogP contribution in [0.2, 0.25) is 0 Å². The average molecular weight is 354 g/mol. The summed E-state index contributed by atoms with van der Waals surface area (Å²) in [7, 11) is 0. The highest BCUT2D eigenvalue weighted by Crippen LogP contribution is 2.23. The van der Waals surface area contributed by atoms with E-state index in [1.165, 1.54) is 16.9 Å². The number of benzene rings is 1. The summed E-state index contributed by atoms with van der Waals surface area (Å²) in [6.07, 6.45) is 1.01. The SMILES string of the molecule is CCc1ccc(C(NC(=O)c2csc(CN)n2)C(C)C)cc1.Cl. The number of carbonyl (C=O) groups is 1. The van der Waals surface area contributed by atoms with Gasteiger partial charge in [-0.3, -0.25) is 4.79 Å². The second kappa shape index (κ2) is 9.01. The molecule has 0 aliphatic carbocycles. The fraction of sp³-hybridized carbons (Fsp3) is 0.412. The van der Waals surface area contributed by atoms with Crippen LogP contribution >= 0.6 is 23.7 Å². The Morgan fingerprint density at radius 1 is 1.30 bits per heavy atom. The number of nitrogens with one attached hydrogen (secondary N) is 1. The molecule has 0 aliphatic heterocycles. The quantitative estimate of drug-likeness (QED) is 0.831. The van der Waals surface area contributed by atoms with Crippen LogP contribution < -0.4 is 11.1 Å². The predicted octanol–water partition coefficient (Wildman–Crippen LogP) is 3.71. The summed E-state index contributed by atoms with van der Waals surface area (Å²) >= 11 is 1.42. The standard InChI is InChI=1S/C17H23N3OS.ClH/c1-4-12-5-7-13(8-6-12)16(11(2)3)20-17(21)14-10-22-15(9-18)19-14;/h5-8,10-11,16H,4,9,18H2,1-3H3,(H,20,21);1H. The summed E-state index contributed by atoms with van der Waals surface area (Å²) in [6, 6.07) is 8.39. The van der Waals surface area contributed by atoms with Crippen molar-refractivity contribution in [2.75, 3.05) is 0 Å². The fourth-order valence-electron chi connectivity index (χ4n) is 2.32. The maximum absolute atomic E-state index is 12.4. The molecule has 23 heavy (non-hydrogen) atoms. The molecule has 1 unspecified atom stereocenters. The minimum Gasteiger partial charge on any atom is -0.344 e. The Bertz CT molecular complexity index is 625. The zero-order valence-corrected chi connectivity index (χ0v) is 15.3. The van der Waals surface area contributed by atoms with Crippen LogP contribution in [0.25, 0.3) is 0 Å². The molecule has 1 amide bonds. The number of rotatable bonds is 6. The maximum atomic E-state index is 12.4. The first-order valence-corrected chi connectivity index (χ1v) is 8.47. The molecule has 0 radical (unpaired) electrons. The molecule has 1 aromatic heterocycles. The summed E-state index contributed by atoms with van der Waals surface area (Å²) in [6.45, 7) is 6.70. The van der Waals surface area contributed by atoms with Crippen LogP contribution in [0.15, 0.2) is 29.6 Å². The smallest absolute Gasteiger partial charge is 0.271 e. The molecule has 4 nitrogen and oxygen atoms in total. The van der Waals surface area contributed by atoms with Gasteiger partial charge in [0.1, 0.15) is 10.7 Å². The van der Waals surface area contributed by atoms with Gasteiger partial charge in [0.15, 0.2) is 0 Å². The summed E-state index contributed by atoms with van der Waals surface area (Å²) < 4.78 is 0. The van der Waals surface area contributed by atoms with E-state index in [2.05, 4.69) is 55.3 Å². The van der Waals surface area contributed by atoms with Gasteiger partial charge in [-0.15, -0.1) is 23.7 Å². The Morgan fingerprint density at radius 3 is 2.43 bits per heavy atom. The summed E-state index contributed by atoms with van der Waals surface area (Å²) in [5.41, 5.74) is 8.41. The molecule has 2 aromatic rings. The number of halogens is 1. The monoisotopic (exact) mass is 353 g/mol. The molecule has 0 aliphatic rings. The van der Waals surface area contributed by atoms with Crippen LogP contribution in [0, 0.1) is 5.92 Å². The number of nitrogens with two attached hydrogens (primary N) is 1. The van der Waals surface area contributed by atoms with Crippen molar-refractivity contribution in [1.29, 1.82) is 0 Å². The minimum atomic E-state index is -0.144. The number of carbonyl (C=O) groups excluding carboxylic acids is 1. The van der Waals surface area contributed by atoms with Crippen molar-refractivity contribution < 1.29 is 4.79 Å². The van der Waals surface area contributed by atoms with E-state index in [-0.39, 0.29) is 24.4 Å². The summed E-state index contributed by atoms with van der Waals surface area (Å²) in [5.74, 6) is 0.151. The van der Waals surface area contributed by atoms with Crippen molar-refractivity contribution in [3.8, 4) is 0 Å². The van der Waals surface area contributed by atoms with Crippen LogP contribution in [-0.4, -0.2) is 10.9 Å². The Labute approximate surface area is 147 Å². The van der Waals surface area contributed by atoms with E-state index >= 15 is 0 Å². The molecule has 0 saturated carbocycles. The number of aryl methyl sites for hydroxylation is 1. The molecular weight excluding hydrogens is 330 g/mol. The lowest BCUT2D eigenvalue weighted by Gasteiger charge is -2.22. The van der Waals surface area contributed by atoms with E-state index in [9.17, 15) is 4.79 Å². The zero-order chi connectivity index (χ0) is 16.1. The highest BCUT2D eigenvalue weighted by atomic mass is 35.5. The third-order valence-electron chi connectivity index (χ3n) is 3.66. The molecule has 0 spiro atoms. The summed E-state index contributed by atoms with van der Waals surface area (Å²) in [5, 5.41) is 5.62. The van der Waals surface area contributed by atoms with Crippen molar-refractivity contribution in [2.24, 2.45) is 11.7 Å². The summed E-state index contributed by atoms with van der Waals surface area (Å²) in [4.78, 5) is 16.6. The van der Waals surface area contributed by atoms with Gasteiger partial charge in [-0.2, -0.15) is 0 Å².